The molecule has 1 unspecified atom stereocenters. The average molecular weight is 283 g/mol. The molecular formula is C13H15F2N3S. The van der Waals surface area contributed by atoms with Gasteiger partial charge in [-0.05, 0) is 18.7 Å². The molecule has 0 fully saturated rings. The number of benzene rings is 1. The molecule has 0 saturated heterocycles. The molecule has 1 heterocycles. The summed E-state index contributed by atoms with van der Waals surface area (Å²) in [4.78, 5) is 7.52. The first-order valence-corrected chi connectivity index (χ1v) is 6.99. The van der Waals surface area contributed by atoms with E-state index >= 15 is 0 Å². The largest absolute Gasteiger partial charge is 0.344 e. The smallest absolute Gasteiger partial charge is 0.263 e. The Kier molecular flexibility index (Phi) is 4.21. The van der Waals surface area contributed by atoms with Crippen LogP contribution in [0, 0.1) is 6.92 Å². The van der Waals surface area contributed by atoms with Crippen molar-refractivity contribution in [1.82, 2.24) is 9.97 Å². The predicted octanol–water partition coefficient (Wildman–Crippen LogP) is 3.43. The zero-order valence-electron chi connectivity index (χ0n) is 10.7. The number of aromatic nitrogens is 2. The molecular weight excluding hydrogens is 268 g/mol. The Morgan fingerprint density at radius 1 is 1.21 bits per heavy atom. The van der Waals surface area contributed by atoms with E-state index in [4.69, 9.17) is 5.73 Å². The summed E-state index contributed by atoms with van der Waals surface area (Å²) in [7, 11) is 0. The zero-order chi connectivity index (χ0) is 14.0. The molecule has 3 nitrogen and oxygen atoms in total. The molecule has 1 atom stereocenters. The van der Waals surface area contributed by atoms with Gasteiger partial charge in [0.1, 0.15) is 10.9 Å². The van der Waals surface area contributed by atoms with Crippen LogP contribution in [-0.2, 0) is 0 Å². The Bertz CT molecular complexity index is 552. The minimum Gasteiger partial charge on any atom is -0.344 e. The second-order valence-corrected chi connectivity index (χ2v) is 5.00. The number of alkyl halides is 2. The van der Waals surface area contributed by atoms with Crippen molar-refractivity contribution in [3.05, 3.63) is 46.9 Å². The summed E-state index contributed by atoms with van der Waals surface area (Å²) in [6.07, 6.45) is -0.519. The molecule has 0 bridgehead atoms. The van der Waals surface area contributed by atoms with E-state index in [9.17, 15) is 8.78 Å². The lowest BCUT2D eigenvalue weighted by Crippen LogP contribution is -2.13. The number of nitrogens with one attached hydrogen (secondary N) is 1. The second kappa shape index (κ2) is 5.71. The third-order valence-corrected chi connectivity index (χ3v) is 3.68. The van der Waals surface area contributed by atoms with Crippen LogP contribution >= 0.6 is 11.8 Å². The van der Waals surface area contributed by atoms with Crippen molar-refractivity contribution in [2.24, 2.45) is 5.73 Å². The van der Waals surface area contributed by atoms with Gasteiger partial charge in [-0.25, -0.2) is 13.8 Å². The summed E-state index contributed by atoms with van der Waals surface area (Å²) in [6, 6.07) is 5.58. The van der Waals surface area contributed by atoms with E-state index in [1.54, 1.807) is 12.1 Å². The number of nitrogens with zero attached hydrogens (tertiary/aromatic N) is 1. The minimum atomic E-state index is -2.46. The molecule has 0 aliphatic carbocycles. The number of nitrogens with two attached hydrogens (primary N) is 1. The lowest BCUT2D eigenvalue weighted by atomic mass is 10.1. The second-order valence-electron chi connectivity index (χ2n) is 4.20. The number of H-pyrrole nitrogens is 1. The monoisotopic (exact) mass is 283 g/mol. The van der Waals surface area contributed by atoms with Gasteiger partial charge in [0.2, 0.25) is 0 Å². The molecule has 0 radical (unpaired) electrons. The number of rotatable bonds is 4. The molecule has 19 heavy (non-hydrogen) atoms. The minimum absolute atomic E-state index is 0.00335. The van der Waals surface area contributed by atoms with E-state index in [-0.39, 0.29) is 5.56 Å². The standard InChI is InChI=1S/C13H15F2N3S/c1-7-13(19-2)18-12(17-7)10(16)8-3-5-9(6-4-8)11(14)15/h3-6,10-11H,16H2,1-2H3,(H,17,18). The Balaban J connectivity index is 2.25. The molecule has 2 rings (SSSR count). The molecule has 6 heteroatoms. The van der Waals surface area contributed by atoms with Crippen molar-refractivity contribution in [2.45, 2.75) is 24.4 Å². The van der Waals surface area contributed by atoms with Gasteiger partial charge in [0.15, 0.2) is 0 Å². The van der Waals surface area contributed by atoms with Crippen molar-refractivity contribution in [1.29, 1.82) is 0 Å². The summed E-state index contributed by atoms with van der Waals surface area (Å²) in [5.41, 5.74) is 7.80. The Morgan fingerprint density at radius 3 is 2.26 bits per heavy atom. The van der Waals surface area contributed by atoms with Crippen LogP contribution < -0.4 is 5.73 Å². The molecule has 0 aliphatic rings. The summed E-state index contributed by atoms with van der Waals surface area (Å²) in [5.74, 6) is 0.645. The third kappa shape index (κ3) is 2.96. The Labute approximate surface area is 114 Å². The Morgan fingerprint density at radius 2 is 1.79 bits per heavy atom. The van der Waals surface area contributed by atoms with Crippen LogP contribution in [0.1, 0.15) is 35.1 Å². The van der Waals surface area contributed by atoms with Gasteiger partial charge >= 0.3 is 0 Å². The number of hydrogen-bond acceptors (Lipinski definition) is 3. The number of hydrogen-bond donors (Lipinski definition) is 2. The van der Waals surface area contributed by atoms with Crippen LogP contribution in [0.3, 0.4) is 0 Å². The summed E-state index contributed by atoms with van der Waals surface area (Å²) >= 11 is 1.54. The molecule has 1 aromatic heterocycles. The highest BCUT2D eigenvalue weighted by atomic mass is 32.2. The van der Waals surface area contributed by atoms with Crippen LogP contribution in [-0.4, -0.2) is 16.2 Å². The highest BCUT2D eigenvalue weighted by Gasteiger charge is 2.15. The first-order chi connectivity index (χ1) is 9.02. The number of aryl methyl sites for hydroxylation is 1. The molecule has 1 aromatic carbocycles. The van der Waals surface area contributed by atoms with Gasteiger partial charge in [0, 0.05) is 11.3 Å². The lowest BCUT2D eigenvalue weighted by molar-refractivity contribution is 0.151. The topological polar surface area (TPSA) is 54.7 Å². The molecule has 102 valence electrons. The van der Waals surface area contributed by atoms with E-state index in [1.165, 1.54) is 23.9 Å². The van der Waals surface area contributed by atoms with Gasteiger partial charge in [0.05, 0.1) is 6.04 Å². The van der Waals surface area contributed by atoms with Crippen molar-refractivity contribution in [3.8, 4) is 0 Å². The summed E-state index contributed by atoms with van der Waals surface area (Å²) in [5, 5.41) is 0.898. The van der Waals surface area contributed by atoms with Gasteiger partial charge in [-0.2, -0.15) is 0 Å². The highest BCUT2D eigenvalue weighted by molar-refractivity contribution is 7.98. The van der Waals surface area contributed by atoms with Gasteiger partial charge in [0.25, 0.3) is 6.43 Å². The fraction of sp³-hybridized carbons (Fsp3) is 0.308. The SMILES string of the molecule is CSc1nc(C(N)c2ccc(C(F)F)cc2)[nH]c1C. The molecule has 0 amide bonds. The molecule has 0 spiro atoms. The van der Waals surface area contributed by atoms with Crippen LogP contribution in [0.15, 0.2) is 29.3 Å². The van der Waals surface area contributed by atoms with Gasteiger partial charge in [-0.1, -0.05) is 24.3 Å². The maximum absolute atomic E-state index is 12.5. The average Bonchev–Trinajstić information content (AvgIpc) is 2.79. The van der Waals surface area contributed by atoms with Crippen LogP contribution in [0.2, 0.25) is 0 Å². The van der Waals surface area contributed by atoms with Crippen molar-refractivity contribution >= 4 is 11.8 Å². The number of halogens is 2. The zero-order valence-corrected chi connectivity index (χ0v) is 11.5. The van der Waals surface area contributed by atoms with Gasteiger partial charge in [-0.15, -0.1) is 11.8 Å². The van der Waals surface area contributed by atoms with Crippen LogP contribution in [0.5, 0.6) is 0 Å². The maximum Gasteiger partial charge on any atom is 0.263 e. The van der Waals surface area contributed by atoms with Crippen LogP contribution in [0.4, 0.5) is 8.78 Å². The first-order valence-electron chi connectivity index (χ1n) is 5.77. The fourth-order valence-electron chi connectivity index (χ4n) is 1.82. The van der Waals surface area contributed by atoms with E-state index in [1.807, 2.05) is 13.2 Å². The number of thioether (sulfide) groups is 1. The first kappa shape index (κ1) is 14.0. The maximum atomic E-state index is 12.5. The van der Waals surface area contributed by atoms with E-state index in [2.05, 4.69) is 9.97 Å². The fourth-order valence-corrected chi connectivity index (χ4v) is 2.37. The molecule has 0 aliphatic heterocycles. The van der Waals surface area contributed by atoms with Gasteiger partial charge < -0.3 is 10.7 Å². The third-order valence-electron chi connectivity index (χ3n) is 2.89. The van der Waals surface area contributed by atoms with E-state index < -0.39 is 12.5 Å². The van der Waals surface area contributed by atoms with E-state index in [0.717, 1.165) is 16.3 Å². The molecule has 2 aromatic rings. The van der Waals surface area contributed by atoms with Crippen molar-refractivity contribution < 1.29 is 8.78 Å². The normalized spacial score (nSPS) is 12.9. The van der Waals surface area contributed by atoms with Gasteiger partial charge in [-0.3, -0.25) is 0 Å². The predicted molar refractivity (Wildman–Crippen MR) is 72.5 cm³/mol. The molecule has 3 N–H and O–H groups in total. The quantitative estimate of drug-likeness (QED) is 0.845. The number of aromatic amines is 1. The van der Waals surface area contributed by atoms with Crippen molar-refractivity contribution in [3.63, 3.8) is 0 Å². The lowest BCUT2D eigenvalue weighted by Gasteiger charge is -2.10. The Hall–Kier alpha value is -1.40. The summed E-state index contributed by atoms with van der Waals surface area (Å²) in [6.45, 7) is 1.93. The summed E-state index contributed by atoms with van der Waals surface area (Å²) < 4.78 is 24.9. The van der Waals surface area contributed by atoms with E-state index in [0.29, 0.717) is 5.82 Å². The number of imidazole rings is 1. The highest BCUT2D eigenvalue weighted by Crippen LogP contribution is 2.25. The van der Waals surface area contributed by atoms with Crippen LogP contribution in [0.25, 0.3) is 0 Å². The molecule has 0 saturated carbocycles. The van der Waals surface area contributed by atoms with Crippen molar-refractivity contribution in [2.75, 3.05) is 6.26 Å².